The van der Waals surface area contributed by atoms with Crippen LogP contribution in [0.3, 0.4) is 0 Å². The van der Waals surface area contributed by atoms with E-state index in [4.69, 9.17) is 9.47 Å². The third-order valence-corrected chi connectivity index (χ3v) is 8.02. The lowest BCUT2D eigenvalue weighted by Gasteiger charge is -2.26. The number of rotatable bonds is 6. The Morgan fingerprint density at radius 2 is 0.756 bits per heavy atom. The van der Waals surface area contributed by atoms with Gasteiger partial charge in [-0.3, -0.25) is 4.79 Å². The lowest BCUT2D eigenvalue weighted by molar-refractivity contribution is 0.103. The summed E-state index contributed by atoms with van der Waals surface area (Å²) in [6.45, 7) is 26.3. The van der Waals surface area contributed by atoms with Gasteiger partial charge in [0, 0.05) is 17.2 Å². The molecule has 0 aliphatic carbocycles. The smallest absolute Gasteiger partial charge is 0.193 e. The number of ketones is 1. The fourth-order valence-electron chi connectivity index (χ4n) is 4.92. The van der Waals surface area contributed by atoms with E-state index in [-0.39, 0.29) is 33.2 Å². The number of carbonyl (C=O) groups excluding carboxylic acids is 1. The van der Waals surface area contributed by atoms with Gasteiger partial charge in [0.25, 0.3) is 0 Å². The van der Waals surface area contributed by atoms with Crippen LogP contribution in [0, 0.1) is 0 Å². The molecule has 0 aliphatic rings. The largest absolute Gasteiger partial charge is 0.508 e. The molecule has 4 aromatic carbocycles. The summed E-state index contributed by atoms with van der Waals surface area (Å²) < 4.78 is 13.1. The minimum Gasteiger partial charge on any atom is -0.508 e. The zero-order chi connectivity index (χ0) is 33.5. The molecule has 4 rings (SSSR count). The topological polar surface area (TPSA) is 55.8 Å². The number of ether oxygens (including phenoxy) is 2. The molecule has 0 atom stereocenters. The maximum absolute atomic E-state index is 13.7. The van der Waals surface area contributed by atoms with Crippen LogP contribution in [-0.2, 0) is 21.7 Å². The van der Waals surface area contributed by atoms with Crippen LogP contribution in [0.2, 0.25) is 0 Å². The second kappa shape index (κ2) is 12.0. The predicted molar refractivity (Wildman–Crippen MR) is 186 cm³/mol. The van der Waals surface area contributed by atoms with Crippen LogP contribution in [0.4, 0.5) is 0 Å². The van der Waals surface area contributed by atoms with E-state index in [2.05, 4.69) is 119 Å². The fourth-order valence-corrected chi connectivity index (χ4v) is 4.92. The molecule has 0 aromatic heterocycles. The van der Waals surface area contributed by atoms with Gasteiger partial charge in [-0.2, -0.15) is 0 Å². The van der Waals surface area contributed by atoms with Crippen molar-refractivity contribution in [3.05, 3.63) is 112 Å². The normalized spacial score (nSPS) is 12.6. The Morgan fingerprint density at radius 1 is 0.444 bits per heavy atom. The highest BCUT2D eigenvalue weighted by atomic mass is 16.5. The Kier molecular flexibility index (Phi) is 9.05. The molecular weight excluding hydrogens is 556 g/mol. The van der Waals surface area contributed by atoms with Gasteiger partial charge in [0.2, 0.25) is 0 Å². The number of aromatic hydroxyl groups is 1. The highest BCUT2D eigenvalue weighted by molar-refractivity contribution is 6.09. The second-order valence-electron chi connectivity index (χ2n) is 16.3. The Morgan fingerprint density at radius 3 is 1.07 bits per heavy atom. The number of phenols is 1. The maximum Gasteiger partial charge on any atom is 0.193 e. The summed E-state index contributed by atoms with van der Waals surface area (Å²) in [5.74, 6) is 2.33. The van der Waals surface area contributed by atoms with Crippen LogP contribution in [-0.4, -0.2) is 10.9 Å². The molecule has 0 fully saturated rings. The van der Waals surface area contributed by atoms with Gasteiger partial charge < -0.3 is 14.6 Å². The van der Waals surface area contributed by atoms with E-state index in [9.17, 15) is 9.90 Å². The lowest BCUT2D eigenvalue weighted by atomic mass is 9.80. The van der Waals surface area contributed by atoms with Crippen molar-refractivity contribution in [3.8, 4) is 28.7 Å². The molecule has 45 heavy (non-hydrogen) atoms. The molecule has 0 spiro atoms. The molecular formula is C41H50O4. The van der Waals surface area contributed by atoms with Crippen molar-refractivity contribution in [1.82, 2.24) is 0 Å². The molecule has 4 nitrogen and oxygen atoms in total. The summed E-state index contributed by atoms with van der Waals surface area (Å²) >= 11 is 0. The van der Waals surface area contributed by atoms with Crippen LogP contribution in [0.25, 0.3) is 0 Å². The van der Waals surface area contributed by atoms with E-state index in [1.807, 2.05) is 6.07 Å². The molecule has 0 radical (unpaired) electrons. The molecule has 0 unspecified atom stereocenters. The standard InChI is InChI=1S/C41H50O4/c1-38(2,3)28-19-29(39(4,5)6)22-35(21-28)44-33-17-27(37(43)26-13-15-32(42)16-14-26)18-34(25-33)45-36-23-30(40(7,8)9)20-31(24-36)41(10,11)12/h13-25,42H,1-12H3. The summed E-state index contributed by atoms with van der Waals surface area (Å²) in [7, 11) is 0. The number of hydrogen-bond donors (Lipinski definition) is 1. The van der Waals surface area contributed by atoms with E-state index in [0.29, 0.717) is 34.1 Å². The SMILES string of the molecule is CC(C)(C)c1cc(Oc2cc(Oc3cc(C(C)(C)C)cc(C(C)(C)C)c3)cc(C(=O)c3ccc(O)cc3)c2)cc(C(C)(C)C)c1. The van der Waals surface area contributed by atoms with Crippen molar-refractivity contribution in [3.63, 3.8) is 0 Å². The number of benzene rings is 4. The highest BCUT2D eigenvalue weighted by Crippen LogP contribution is 2.38. The van der Waals surface area contributed by atoms with Crippen molar-refractivity contribution in [2.75, 3.05) is 0 Å². The van der Waals surface area contributed by atoms with E-state index < -0.39 is 0 Å². The Hall–Kier alpha value is -4.05. The third-order valence-electron chi connectivity index (χ3n) is 8.02. The van der Waals surface area contributed by atoms with Crippen molar-refractivity contribution < 1.29 is 19.4 Å². The molecule has 0 amide bonds. The van der Waals surface area contributed by atoms with E-state index in [1.165, 1.54) is 34.4 Å². The molecule has 4 heteroatoms. The van der Waals surface area contributed by atoms with Crippen LogP contribution in [0.15, 0.2) is 78.9 Å². The minimum absolute atomic E-state index is 0.0762. The molecule has 238 valence electrons. The quantitative estimate of drug-likeness (QED) is 0.222. The third kappa shape index (κ3) is 8.57. The average molecular weight is 607 g/mol. The lowest BCUT2D eigenvalue weighted by Crippen LogP contribution is -2.16. The van der Waals surface area contributed by atoms with Crippen molar-refractivity contribution >= 4 is 5.78 Å². The second-order valence-corrected chi connectivity index (χ2v) is 16.3. The van der Waals surface area contributed by atoms with Gasteiger partial charge in [-0.25, -0.2) is 0 Å². The summed E-state index contributed by atoms with van der Waals surface area (Å²) in [5, 5.41) is 9.79. The first-order valence-corrected chi connectivity index (χ1v) is 15.8. The molecule has 0 heterocycles. The van der Waals surface area contributed by atoms with Gasteiger partial charge in [-0.1, -0.05) is 95.2 Å². The van der Waals surface area contributed by atoms with E-state index in [1.54, 1.807) is 24.3 Å². The Labute approximate surface area is 270 Å². The van der Waals surface area contributed by atoms with Crippen molar-refractivity contribution in [2.45, 2.75) is 105 Å². The van der Waals surface area contributed by atoms with Crippen LogP contribution >= 0.6 is 0 Å². The minimum atomic E-state index is -0.192. The van der Waals surface area contributed by atoms with Gasteiger partial charge in [0.05, 0.1) is 0 Å². The molecule has 0 aliphatic heterocycles. The summed E-state index contributed by atoms with van der Waals surface area (Å²) in [4.78, 5) is 13.7. The van der Waals surface area contributed by atoms with Gasteiger partial charge in [-0.05, 0) is 105 Å². The first kappa shape index (κ1) is 33.8. The van der Waals surface area contributed by atoms with Crippen LogP contribution < -0.4 is 9.47 Å². The monoisotopic (exact) mass is 606 g/mol. The Balaban J connectivity index is 1.85. The number of hydrogen-bond acceptors (Lipinski definition) is 4. The number of phenolic OH excluding ortho intramolecular Hbond substituents is 1. The average Bonchev–Trinajstić information content (AvgIpc) is 2.90. The zero-order valence-electron chi connectivity index (χ0n) is 29.2. The first-order chi connectivity index (χ1) is 20.6. The predicted octanol–water partition coefficient (Wildman–Crippen LogP) is 11.4. The van der Waals surface area contributed by atoms with Gasteiger partial charge >= 0.3 is 0 Å². The zero-order valence-corrected chi connectivity index (χ0v) is 29.2. The summed E-state index contributed by atoms with van der Waals surface area (Å²) in [5.41, 5.74) is 5.28. The fraction of sp³-hybridized carbons (Fsp3) is 0.390. The number of carbonyl (C=O) groups is 1. The molecule has 4 aromatic rings. The molecule has 0 saturated carbocycles. The molecule has 1 N–H and O–H groups in total. The maximum atomic E-state index is 13.7. The van der Waals surface area contributed by atoms with E-state index >= 15 is 0 Å². The van der Waals surface area contributed by atoms with Gasteiger partial charge in [-0.15, -0.1) is 0 Å². The van der Waals surface area contributed by atoms with Crippen molar-refractivity contribution in [1.29, 1.82) is 0 Å². The van der Waals surface area contributed by atoms with Crippen LogP contribution in [0.1, 0.15) is 121 Å². The first-order valence-electron chi connectivity index (χ1n) is 15.8. The van der Waals surface area contributed by atoms with Gasteiger partial charge in [0.1, 0.15) is 28.7 Å². The van der Waals surface area contributed by atoms with Gasteiger partial charge in [0.15, 0.2) is 5.78 Å². The Bertz CT molecular complexity index is 1520. The molecule has 0 bridgehead atoms. The van der Waals surface area contributed by atoms with E-state index in [0.717, 1.165) is 0 Å². The highest BCUT2D eigenvalue weighted by Gasteiger charge is 2.23. The molecule has 0 saturated heterocycles. The van der Waals surface area contributed by atoms with Crippen molar-refractivity contribution in [2.24, 2.45) is 0 Å². The summed E-state index contributed by atoms with van der Waals surface area (Å²) in [6, 6.07) is 24.4. The van der Waals surface area contributed by atoms with Crippen LogP contribution in [0.5, 0.6) is 28.7 Å². The summed E-state index contributed by atoms with van der Waals surface area (Å²) in [6.07, 6.45) is 0.